The molecule has 1 atom stereocenters. The molecule has 0 aliphatic carbocycles. The van der Waals surface area contributed by atoms with Crippen LogP contribution in [0.15, 0.2) is 12.3 Å². The Morgan fingerprint density at radius 1 is 1.38 bits per heavy atom. The van der Waals surface area contributed by atoms with E-state index >= 15 is 0 Å². The zero-order valence-corrected chi connectivity index (χ0v) is 13.6. The minimum Gasteiger partial charge on any atom is -0.441 e. The molecule has 2 saturated heterocycles. The minimum atomic E-state index is -4.45. The monoisotopic (exact) mass is 363 g/mol. The van der Waals surface area contributed by atoms with Crippen molar-refractivity contribution in [2.45, 2.75) is 37.6 Å². The lowest BCUT2D eigenvalue weighted by atomic mass is 9.95. The quantitative estimate of drug-likeness (QED) is 0.876. The number of hydrogen-bond acceptors (Lipinski definition) is 4. The second kappa shape index (κ2) is 6.40. The second-order valence-corrected chi connectivity index (χ2v) is 6.61. The van der Waals surface area contributed by atoms with Gasteiger partial charge in [-0.15, -0.1) is 0 Å². The van der Waals surface area contributed by atoms with Gasteiger partial charge in [0.25, 0.3) is 0 Å². The molecule has 0 bridgehead atoms. The number of carbonyl (C=O) groups is 1. The molecule has 24 heavy (non-hydrogen) atoms. The third-order valence-corrected chi connectivity index (χ3v) is 4.80. The average Bonchev–Trinajstić information content (AvgIpc) is 2.75. The highest BCUT2D eigenvalue weighted by Crippen LogP contribution is 2.32. The van der Waals surface area contributed by atoms with Crippen molar-refractivity contribution in [1.29, 1.82) is 0 Å². The van der Waals surface area contributed by atoms with Gasteiger partial charge in [0.15, 0.2) is 0 Å². The number of pyridine rings is 1. The maximum atomic E-state index is 12.7. The number of halogens is 4. The third kappa shape index (κ3) is 3.75. The Morgan fingerprint density at radius 2 is 2.17 bits per heavy atom. The molecule has 1 amide bonds. The standard InChI is InChI=1S/C15H17ClF3N3O2/c16-11-6-10(15(17,18)19)7-20-12(11)8-22-4-1-2-14(3-5-22)9-21-13(23)24-14/h6-7H,1-5,8-9H2,(H,21,23). The maximum absolute atomic E-state index is 12.7. The summed E-state index contributed by atoms with van der Waals surface area (Å²) in [6.45, 7) is 2.28. The Hall–Kier alpha value is -1.54. The van der Waals surface area contributed by atoms with Gasteiger partial charge >= 0.3 is 12.3 Å². The molecular formula is C15H17ClF3N3O2. The van der Waals surface area contributed by atoms with E-state index < -0.39 is 23.4 Å². The summed E-state index contributed by atoms with van der Waals surface area (Å²) in [5.41, 5.74) is -0.902. The molecule has 3 heterocycles. The molecule has 2 aliphatic rings. The van der Waals surface area contributed by atoms with Crippen molar-refractivity contribution in [3.05, 3.63) is 28.5 Å². The van der Waals surface area contributed by atoms with Crippen LogP contribution in [0.1, 0.15) is 30.5 Å². The molecule has 132 valence electrons. The molecular weight excluding hydrogens is 347 g/mol. The van der Waals surface area contributed by atoms with Gasteiger partial charge in [-0.2, -0.15) is 13.2 Å². The molecule has 5 nitrogen and oxygen atoms in total. The van der Waals surface area contributed by atoms with Crippen LogP contribution in [0.5, 0.6) is 0 Å². The number of rotatable bonds is 2. The molecule has 1 spiro atoms. The lowest BCUT2D eigenvalue weighted by molar-refractivity contribution is -0.137. The van der Waals surface area contributed by atoms with E-state index in [1.807, 2.05) is 0 Å². The van der Waals surface area contributed by atoms with Crippen LogP contribution in [0, 0.1) is 0 Å². The number of carbonyl (C=O) groups excluding carboxylic acids is 1. The van der Waals surface area contributed by atoms with Gasteiger partial charge in [0.2, 0.25) is 0 Å². The van der Waals surface area contributed by atoms with Gasteiger partial charge in [0.05, 0.1) is 22.8 Å². The van der Waals surface area contributed by atoms with Gasteiger partial charge in [-0.05, 0) is 25.5 Å². The van der Waals surface area contributed by atoms with Gasteiger partial charge in [-0.1, -0.05) is 11.6 Å². The van der Waals surface area contributed by atoms with Crippen LogP contribution in [0.3, 0.4) is 0 Å². The third-order valence-electron chi connectivity index (χ3n) is 4.47. The van der Waals surface area contributed by atoms with Gasteiger partial charge in [-0.25, -0.2) is 4.79 Å². The summed E-state index contributed by atoms with van der Waals surface area (Å²) < 4.78 is 43.4. The Morgan fingerprint density at radius 3 is 2.79 bits per heavy atom. The minimum absolute atomic E-state index is 0.0118. The maximum Gasteiger partial charge on any atom is 0.417 e. The molecule has 0 radical (unpaired) electrons. The summed E-state index contributed by atoms with van der Waals surface area (Å²) in [7, 11) is 0. The van der Waals surface area contributed by atoms with E-state index in [1.54, 1.807) is 0 Å². The summed E-state index contributed by atoms with van der Waals surface area (Å²) >= 11 is 5.97. The predicted molar refractivity (Wildman–Crippen MR) is 80.6 cm³/mol. The van der Waals surface area contributed by atoms with Crippen molar-refractivity contribution in [2.75, 3.05) is 19.6 Å². The number of likely N-dealkylation sites (tertiary alicyclic amines) is 1. The molecule has 1 unspecified atom stereocenters. The number of aromatic nitrogens is 1. The number of ether oxygens (including phenoxy) is 1. The zero-order chi connectivity index (χ0) is 17.4. The number of nitrogens with zero attached hydrogens (tertiary/aromatic N) is 2. The van der Waals surface area contributed by atoms with Crippen molar-refractivity contribution < 1.29 is 22.7 Å². The molecule has 9 heteroatoms. The van der Waals surface area contributed by atoms with Crippen LogP contribution in [0.2, 0.25) is 5.02 Å². The summed E-state index contributed by atoms with van der Waals surface area (Å²) in [6, 6.07) is 0.909. The van der Waals surface area contributed by atoms with Crippen molar-refractivity contribution in [2.24, 2.45) is 0 Å². The highest BCUT2D eigenvalue weighted by molar-refractivity contribution is 6.31. The topological polar surface area (TPSA) is 54.5 Å². The van der Waals surface area contributed by atoms with Crippen LogP contribution in [-0.2, 0) is 17.5 Å². The van der Waals surface area contributed by atoms with E-state index in [-0.39, 0.29) is 5.02 Å². The Kier molecular flexibility index (Phi) is 4.61. The first-order valence-electron chi connectivity index (χ1n) is 7.68. The van der Waals surface area contributed by atoms with Gasteiger partial charge in [0.1, 0.15) is 5.60 Å². The smallest absolute Gasteiger partial charge is 0.417 e. The molecule has 2 aliphatic heterocycles. The molecule has 2 fully saturated rings. The molecule has 0 saturated carbocycles. The second-order valence-electron chi connectivity index (χ2n) is 6.21. The SMILES string of the molecule is O=C1NCC2(CCCN(Cc3ncc(C(F)(F)F)cc3Cl)CC2)O1. The fourth-order valence-electron chi connectivity index (χ4n) is 3.11. The van der Waals surface area contributed by atoms with Crippen molar-refractivity contribution in [3.63, 3.8) is 0 Å². The number of alkyl halides is 3. The lowest BCUT2D eigenvalue weighted by Crippen LogP contribution is -2.34. The van der Waals surface area contributed by atoms with Crippen LogP contribution in [0.25, 0.3) is 0 Å². The van der Waals surface area contributed by atoms with Crippen molar-refractivity contribution in [1.82, 2.24) is 15.2 Å². The molecule has 3 rings (SSSR count). The van der Waals surface area contributed by atoms with E-state index in [9.17, 15) is 18.0 Å². The highest BCUT2D eigenvalue weighted by Gasteiger charge is 2.41. The predicted octanol–water partition coefficient (Wildman–Crippen LogP) is 3.22. The van der Waals surface area contributed by atoms with E-state index in [0.717, 1.165) is 31.6 Å². The number of amides is 1. The molecule has 0 aromatic carbocycles. The van der Waals surface area contributed by atoms with E-state index in [0.29, 0.717) is 31.7 Å². The Bertz CT molecular complexity index is 641. The summed E-state index contributed by atoms with van der Waals surface area (Å²) in [5.74, 6) is 0. The summed E-state index contributed by atoms with van der Waals surface area (Å²) in [5, 5.41) is 2.69. The van der Waals surface area contributed by atoms with Crippen molar-refractivity contribution in [3.8, 4) is 0 Å². The van der Waals surface area contributed by atoms with Crippen LogP contribution < -0.4 is 5.32 Å². The Labute approximate surface area is 142 Å². The largest absolute Gasteiger partial charge is 0.441 e. The van der Waals surface area contributed by atoms with Gasteiger partial charge in [0, 0.05) is 25.7 Å². The van der Waals surface area contributed by atoms with Crippen LogP contribution >= 0.6 is 11.6 Å². The zero-order valence-electron chi connectivity index (χ0n) is 12.8. The first-order chi connectivity index (χ1) is 11.3. The first kappa shape index (κ1) is 17.3. The van der Waals surface area contributed by atoms with E-state index in [2.05, 4.69) is 15.2 Å². The fraction of sp³-hybridized carbons (Fsp3) is 0.600. The van der Waals surface area contributed by atoms with Crippen LogP contribution in [-0.4, -0.2) is 41.2 Å². The molecule has 1 aromatic heterocycles. The van der Waals surface area contributed by atoms with Crippen molar-refractivity contribution >= 4 is 17.7 Å². The first-order valence-corrected chi connectivity index (χ1v) is 8.06. The number of alkyl carbamates (subject to hydrolysis) is 1. The molecule has 1 N–H and O–H groups in total. The van der Waals surface area contributed by atoms with E-state index in [1.165, 1.54) is 0 Å². The fourth-order valence-corrected chi connectivity index (χ4v) is 3.34. The van der Waals surface area contributed by atoms with Crippen LogP contribution in [0.4, 0.5) is 18.0 Å². The number of nitrogens with one attached hydrogen (secondary N) is 1. The summed E-state index contributed by atoms with van der Waals surface area (Å²) in [4.78, 5) is 17.2. The normalized spacial score (nSPS) is 25.4. The lowest BCUT2D eigenvalue weighted by Gasteiger charge is -2.25. The Balaban J connectivity index is 1.65. The molecule has 1 aromatic rings. The summed E-state index contributed by atoms with van der Waals surface area (Å²) in [6.07, 6.45) is -1.78. The average molecular weight is 364 g/mol. The van der Waals surface area contributed by atoms with Gasteiger partial charge in [-0.3, -0.25) is 9.88 Å². The number of hydrogen-bond donors (Lipinski definition) is 1. The highest BCUT2D eigenvalue weighted by atomic mass is 35.5. The van der Waals surface area contributed by atoms with E-state index in [4.69, 9.17) is 16.3 Å². The van der Waals surface area contributed by atoms with Gasteiger partial charge < -0.3 is 10.1 Å².